The molecule has 0 amide bonds. The number of rotatable bonds is 6. The zero-order chi connectivity index (χ0) is 15.2. The Morgan fingerprint density at radius 3 is 2.20 bits per heavy atom. The van der Waals surface area contributed by atoms with Crippen LogP contribution in [-0.2, 0) is 14.9 Å². The van der Waals surface area contributed by atoms with Crippen molar-refractivity contribution in [3.8, 4) is 0 Å². The van der Waals surface area contributed by atoms with E-state index in [0.717, 1.165) is 0 Å². The minimum Gasteiger partial charge on any atom is -0.469 e. The molecule has 0 bridgehead atoms. The van der Waals surface area contributed by atoms with E-state index in [1.54, 1.807) is 0 Å². The van der Waals surface area contributed by atoms with Gasteiger partial charge in [0.2, 0.25) is 0 Å². The van der Waals surface area contributed by atoms with Crippen molar-refractivity contribution < 1.29 is 14.6 Å². The molecule has 0 aliphatic carbocycles. The first-order valence-electron chi connectivity index (χ1n) is 7.10. The summed E-state index contributed by atoms with van der Waals surface area (Å²) in [6.45, 7) is 6.58. The summed E-state index contributed by atoms with van der Waals surface area (Å²) in [4.78, 5) is 11.5. The fraction of sp³-hybridized carbons (Fsp3) is 0.588. The van der Waals surface area contributed by atoms with Crippen molar-refractivity contribution in [2.45, 2.75) is 45.4 Å². The number of hydrogen-bond acceptors (Lipinski definition) is 3. The van der Waals surface area contributed by atoms with E-state index in [-0.39, 0.29) is 23.4 Å². The van der Waals surface area contributed by atoms with Gasteiger partial charge >= 0.3 is 5.97 Å². The molecule has 3 heteroatoms. The van der Waals surface area contributed by atoms with Gasteiger partial charge in [-0.2, -0.15) is 0 Å². The number of aliphatic hydroxyl groups is 1. The van der Waals surface area contributed by atoms with E-state index in [0.29, 0.717) is 19.3 Å². The van der Waals surface area contributed by atoms with Gasteiger partial charge in [-0.15, -0.1) is 0 Å². The van der Waals surface area contributed by atoms with Gasteiger partial charge in [-0.3, -0.25) is 4.79 Å². The van der Waals surface area contributed by atoms with Crippen LogP contribution in [0.25, 0.3) is 0 Å². The number of carbonyl (C=O) groups excluding carboxylic acids is 1. The number of ether oxygens (including phenoxy) is 1. The lowest BCUT2D eigenvalue weighted by molar-refractivity contribution is -0.141. The molecule has 0 heterocycles. The molecule has 1 unspecified atom stereocenters. The Bertz CT molecular complexity index is 420. The number of methoxy groups -OCH3 is 1. The molecule has 0 aliphatic heterocycles. The molecule has 1 aromatic rings. The van der Waals surface area contributed by atoms with E-state index in [1.165, 1.54) is 12.7 Å². The predicted molar refractivity (Wildman–Crippen MR) is 80.5 cm³/mol. The molecule has 0 aromatic heterocycles. The zero-order valence-corrected chi connectivity index (χ0v) is 13.0. The number of carbonyl (C=O) groups is 1. The Labute approximate surface area is 122 Å². The third-order valence-corrected chi connectivity index (χ3v) is 4.28. The van der Waals surface area contributed by atoms with Gasteiger partial charge < -0.3 is 9.84 Å². The molecular weight excluding hydrogens is 252 g/mol. The monoisotopic (exact) mass is 278 g/mol. The van der Waals surface area contributed by atoms with Gasteiger partial charge in [0, 0.05) is 18.4 Å². The Kier molecular flexibility index (Phi) is 5.75. The summed E-state index contributed by atoms with van der Waals surface area (Å²) in [7, 11) is 1.41. The smallest absolute Gasteiger partial charge is 0.305 e. The number of benzene rings is 1. The van der Waals surface area contributed by atoms with Crippen LogP contribution in [0.3, 0.4) is 0 Å². The molecule has 0 saturated carbocycles. The van der Waals surface area contributed by atoms with Gasteiger partial charge in [0.1, 0.15) is 0 Å². The van der Waals surface area contributed by atoms with E-state index in [4.69, 9.17) is 4.74 Å². The molecule has 20 heavy (non-hydrogen) atoms. The predicted octanol–water partition coefficient (Wildman–Crippen LogP) is 3.31. The fourth-order valence-electron chi connectivity index (χ4n) is 2.96. The molecule has 1 atom stereocenters. The minimum absolute atomic E-state index is 0.0644. The van der Waals surface area contributed by atoms with E-state index in [9.17, 15) is 9.90 Å². The molecule has 0 spiro atoms. The normalized spacial score (nSPS) is 14.7. The number of aliphatic hydroxyl groups excluding tert-OH is 1. The van der Waals surface area contributed by atoms with Crippen LogP contribution in [0, 0.1) is 5.41 Å². The molecular formula is C17H26O3. The third kappa shape index (κ3) is 3.60. The minimum atomic E-state index is -0.239. The zero-order valence-electron chi connectivity index (χ0n) is 13.0. The van der Waals surface area contributed by atoms with Crippen molar-refractivity contribution in [2.75, 3.05) is 13.7 Å². The second kappa shape index (κ2) is 6.89. The maximum Gasteiger partial charge on any atom is 0.305 e. The first-order valence-corrected chi connectivity index (χ1v) is 7.10. The first-order chi connectivity index (χ1) is 9.37. The highest BCUT2D eigenvalue weighted by molar-refractivity contribution is 5.69. The maximum atomic E-state index is 11.5. The van der Waals surface area contributed by atoms with Crippen molar-refractivity contribution in [1.82, 2.24) is 0 Å². The fourth-order valence-corrected chi connectivity index (χ4v) is 2.96. The molecule has 0 saturated heterocycles. The SMILES string of the molecule is COC(=O)CCC(CCO)(c1ccccc1)C(C)(C)C. The van der Waals surface area contributed by atoms with Gasteiger partial charge in [-0.05, 0) is 23.8 Å². The standard InChI is InChI=1S/C17H26O3/c1-16(2,3)17(12-13-18,11-10-15(19)20-4)14-8-6-5-7-9-14/h5-9,18H,10-13H2,1-4H3. The van der Waals surface area contributed by atoms with Crippen LogP contribution in [-0.4, -0.2) is 24.8 Å². The van der Waals surface area contributed by atoms with Crippen LogP contribution in [0.4, 0.5) is 0 Å². The van der Waals surface area contributed by atoms with E-state index in [2.05, 4.69) is 32.9 Å². The second-order valence-corrected chi connectivity index (χ2v) is 6.25. The van der Waals surface area contributed by atoms with Crippen molar-refractivity contribution in [2.24, 2.45) is 5.41 Å². The summed E-state index contributed by atoms with van der Waals surface area (Å²) in [5, 5.41) is 9.53. The summed E-state index contributed by atoms with van der Waals surface area (Å²) < 4.78 is 4.77. The van der Waals surface area contributed by atoms with Crippen molar-refractivity contribution in [1.29, 1.82) is 0 Å². The molecule has 0 fully saturated rings. The largest absolute Gasteiger partial charge is 0.469 e. The van der Waals surface area contributed by atoms with Crippen molar-refractivity contribution in [3.63, 3.8) is 0 Å². The highest BCUT2D eigenvalue weighted by Crippen LogP contribution is 2.47. The lowest BCUT2D eigenvalue weighted by Gasteiger charge is -2.45. The first kappa shape index (κ1) is 16.7. The van der Waals surface area contributed by atoms with Crippen LogP contribution in [0.5, 0.6) is 0 Å². The van der Waals surface area contributed by atoms with Gasteiger partial charge in [0.15, 0.2) is 0 Å². The summed E-state index contributed by atoms with van der Waals surface area (Å²) >= 11 is 0. The third-order valence-electron chi connectivity index (χ3n) is 4.28. The van der Waals surface area contributed by atoms with Crippen LogP contribution in [0.2, 0.25) is 0 Å². The van der Waals surface area contributed by atoms with Gasteiger partial charge in [-0.25, -0.2) is 0 Å². The Balaban J connectivity index is 3.18. The van der Waals surface area contributed by atoms with E-state index < -0.39 is 0 Å². The van der Waals surface area contributed by atoms with E-state index in [1.807, 2.05) is 18.2 Å². The van der Waals surface area contributed by atoms with Crippen LogP contribution >= 0.6 is 0 Å². The van der Waals surface area contributed by atoms with Gasteiger partial charge in [-0.1, -0.05) is 51.1 Å². The molecule has 0 aliphatic rings. The average Bonchev–Trinajstić information content (AvgIpc) is 2.42. The molecule has 1 aromatic carbocycles. The second-order valence-electron chi connectivity index (χ2n) is 6.25. The summed E-state index contributed by atoms with van der Waals surface area (Å²) in [5.41, 5.74) is 0.868. The lowest BCUT2D eigenvalue weighted by Crippen LogP contribution is -2.41. The Morgan fingerprint density at radius 2 is 1.75 bits per heavy atom. The summed E-state index contributed by atoms with van der Waals surface area (Å²) in [6.07, 6.45) is 1.67. The summed E-state index contributed by atoms with van der Waals surface area (Å²) in [5.74, 6) is -0.201. The van der Waals surface area contributed by atoms with Gasteiger partial charge in [0.05, 0.1) is 7.11 Å². The maximum absolute atomic E-state index is 11.5. The van der Waals surface area contributed by atoms with Crippen LogP contribution < -0.4 is 0 Å². The highest BCUT2D eigenvalue weighted by atomic mass is 16.5. The van der Waals surface area contributed by atoms with Crippen LogP contribution in [0.15, 0.2) is 30.3 Å². The topological polar surface area (TPSA) is 46.5 Å². The molecule has 3 nitrogen and oxygen atoms in total. The molecule has 0 radical (unpaired) electrons. The highest BCUT2D eigenvalue weighted by Gasteiger charge is 2.42. The molecule has 1 rings (SSSR count). The number of esters is 1. The Morgan fingerprint density at radius 1 is 1.15 bits per heavy atom. The number of hydrogen-bond donors (Lipinski definition) is 1. The van der Waals surface area contributed by atoms with E-state index >= 15 is 0 Å². The summed E-state index contributed by atoms with van der Waals surface area (Å²) in [6, 6.07) is 10.2. The molecule has 1 N–H and O–H groups in total. The van der Waals surface area contributed by atoms with Crippen molar-refractivity contribution >= 4 is 5.97 Å². The molecule has 112 valence electrons. The van der Waals surface area contributed by atoms with Crippen LogP contribution in [0.1, 0.15) is 45.6 Å². The quantitative estimate of drug-likeness (QED) is 0.812. The lowest BCUT2D eigenvalue weighted by atomic mass is 9.59. The van der Waals surface area contributed by atoms with Crippen molar-refractivity contribution in [3.05, 3.63) is 35.9 Å². The Hall–Kier alpha value is -1.35. The average molecular weight is 278 g/mol. The van der Waals surface area contributed by atoms with Gasteiger partial charge in [0.25, 0.3) is 0 Å².